The number of para-hydroxylation sites is 2. The number of fused-ring (bicyclic) bond motifs is 1. The van der Waals surface area contributed by atoms with Gasteiger partial charge in [0, 0.05) is 18.2 Å². The lowest BCUT2D eigenvalue weighted by molar-refractivity contribution is -0.385. The second kappa shape index (κ2) is 7.43. The summed E-state index contributed by atoms with van der Waals surface area (Å²) in [6, 6.07) is 16.3. The molecule has 0 saturated carbocycles. The van der Waals surface area contributed by atoms with Crippen molar-refractivity contribution in [2.24, 2.45) is 0 Å². The Bertz CT molecular complexity index is 1310. The van der Waals surface area contributed by atoms with Crippen molar-refractivity contribution in [3.05, 3.63) is 92.5 Å². The van der Waals surface area contributed by atoms with Crippen LogP contribution in [0.25, 0.3) is 22.6 Å². The fourth-order valence-electron chi connectivity index (χ4n) is 2.94. The zero-order chi connectivity index (χ0) is 21.3. The van der Waals surface area contributed by atoms with Gasteiger partial charge in [0.1, 0.15) is 11.1 Å². The number of carbonyl (C=O) groups is 1. The predicted molar refractivity (Wildman–Crippen MR) is 107 cm³/mol. The zero-order valence-corrected chi connectivity index (χ0v) is 15.1. The van der Waals surface area contributed by atoms with E-state index in [0.717, 1.165) is 0 Å². The Balaban J connectivity index is 1.72. The van der Waals surface area contributed by atoms with Crippen molar-refractivity contribution in [3.63, 3.8) is 0 Å². The summed E-state index contributed by atoms with van der Waals surface area (Å²) in [5, 5.41) is 24.8. The van der Waals surface area contributed by atoms with Crippen LogP contribution < -0.4 is 5.32 Å². The van der Waals surface area contributed by atoms with Gasteiger partial charge < -0.3 is 9.73 Å². The molecule has 0 bridgehead atoms. The number of benzene rings is 3. The monoisotopic (exact) mass is 404 g/mol. The van der Waals surface area contributed by atoms with Crippen LogP contribution in [0.15, 0.2) is 71.1 Å². The van der Waals surface area contributed by atoms with Crippen LogP contribution in [0.4, 0.5) is 17.1 Å². The Morgan fingerprint density at radius 2 is 1.67 bits per heavy atom. The van der Waals surface area contributed by atoms with Crippen LogP contribution in [0.1, 0.15) is 10.4 Å². The molecule has 0 spiro atoms. The normalized spacial score (nSPS) is 10.7. The van der Waals surface area contributed by atoms with Crippen molar-refractivity contribution in [2.75, 3.05) is 5.32 Å². The Kier molecular flexibility index (Phi) is 4.64. The lowest BCUT2D eigenvalue weighted by atomic mass is 10.1. The third-order valence-electron chi connectivity index (χ3n) is 4.33. The van der Waals surface area contributed by atoms with E-state index in [1.165, 1.54) is 42.5 Å². The molecule has 30 heavy (non-hydrogen) atoms. The summed E-state index contributed by atoms with van der Waals surface area (Å²) in [6.07, 6.45) is 0. The molecule has 0 aliphatic rings. The number of rotatable bonds is 5. The molecule has 4 rings (SSSR count). The largest absolute Gasteiger partial charge is 0.436 e. The molecule has 0 aliphatic carbocycles. The second-order valence-corrected chi connectivity index (χ2v) is 6.20. The second-order valence-electron chi connectivity index (χ2n) is 6.20. The van der Waals surface area contributed by atoms with Crippen LogP contribution in [-0.2, 0) is 0 Å². The van der Waals surface area contributed by atoms with E-state index in [1.807, 2.05) is 0 Å². The summed E-state index contributed by atoms with van der Waals surface area (Å²) in [6.45, 7) is 0. The molecule has 1 aromatic heterocycles. The number of nitro groups is 2. The predicted octanol–water partition coefficient (Wildman–Crippen LogP) is 4.56. The Morgan fingerprint density at radius 1 is 0.933 bits per heavy atom. The molecule has 3 aromatic carbocycles. The highest BCUT2D eigenvalue weighted by Crippen LogP contribution is 2.32. The molecule has 10 nitrogen and oxygen atoms in total. The summed E-state index contributed by atoms with van der Waals surface area (Å²) in [5.74, 6) is -0.523. The molecule has 0 atom stereocenters. The van der Waals surface area contributed by atoms with Gasteiger partial charge in [0.15, 0.2) is 5.58 Å². The standard InChI is InChI=1S/C20H12N4O6/c25-19(14-6-2-4-8-17(14)24(28)29)21-15-7-3-1-5-13(15)20-22-16-11-12(23(26)27)9-10-18(16)30-20/h1-11H,(H,21,25). The molecule has 0 saturated heterocycles. The summed E-state index contributed by atoms with van der Waals surface area (Å²) in [7, 11) is 0. The number of nitrogens with zero attached hydrogens (tertiary/aromatic N) is 3. The molecule has 1 heterocycles. The molecule has 0 aliphatic heterocycles. The van der Waals surface area contributed by atoms with Gasteiger partial charge in [0.25, 0.3) is 17.3 Å². The van der Waals surface area contributed by atoms with Crippen LogP contribution >= 0.6 is 0 Å². The minimum atomic E-state index is -0.665. The average molecular weight is 404 g/mol. The Morgan fingerprint density at radius 3 is 2.43 bits per heavy atom. The van der Waals surface area contributed by atoms with Crippen LogP contribution in [-0.4, -0.2) is 20.7 Å². The first-order valence-corrected chi connectivity index (χ1v) is 8.63. The summed E-state index contributed by atoms with van der Waals surface area (Å²) in [5.41, 5.74) is 0.840. The molecule has 0 radical (unpaired) electrons. The lowest BCUT2D eigenvalue weighted by Crippen LogP contribution is -2.14. The van der Waals surface area contributed by atoms with E-state index in [1.54, 1.807) is 24.3 Å². The number of nitro benzene ring substituents is 2. The number of oxazole rings is 1. The minimum absolute atomic E-state index is 0.0921. The highest BCUT2D eigenvalue weighted by molar-refractivity contribution is 6.08. The van der Waals surface area contributed by atoms with Gasteiger partial charge in [-0.2, -0.15) is 0 Å². The number of aromatic nitrogens is 1. The Hall–Kier alpha value is -4.60. The van der Waals surface area contributed by atoms with Crippen LogP contribution in [0.5, 0.6) is 0 Å². The number of hydrogen-bond acceptors (Lipinski definition) is 7. The minimum Gasteiger partial charge on any atom is -0.436 e. The Labute approximate surface area is 168 Å². The first-order chi connectivity index (χ1) is 14.4. The van der Waals surface area contributed by atoms with E-state index in [9.17, 15) is 25.0 Å². The van der Waals surface area contributed by atoms with Gasteiger partial charge >= 0.3 is 0 Å². The number of amides is 1. The van der Waals surface area contributed by atoms with Gasteiger partial charge in [-0.1, -0.05) is 24.3 Å². The SMILES string of the molecule is O=C(Nc1ccccc1-c1nc2cc([N+](=O)[O-])ccc2o1)c1ccccc1[N+](=O)[O-]. The maximum Gasteiger partial charge on any atom is 0.282 e. The van der Waals surface area contributed by atoms with Crippen molar-refractivity contribution < 1.29 is 19.1 Å². The van der Waals surface area contributed by atoms with E-state index in [2.05, 4.69) is 10.3 Å². The highest BCUT2D eigenvalue weighted by Gasteiger charge is 2.21. The van der Waals surface area contributed by atoms with Crippen LogP contribution in [0, 0.1) is 20.2 Å². The maximum atomic E-state index is 12.7. The average Bonchev–Trinajstić information content (AvgIpc) is 3.17. The number of anilines is 1. The molecule has 4 aromatic rings. The van der Waals surface area contributed by atoms with E-state index in [4.69, 9.17) is 4.42 Å². The molecule has 10 heteroatoms. The molecule has 148 valence electrons. The molecule has 1 amide bonds. The fourth-order valence-corrected chi connectivity index (χ4v) is 2.94. The molecular weight excluding hydrogens is 392 g/mol. The first kappa shape index (κ1) is 18.7. The third-order valence-corrected chi connectivity index (χ3v) is 4.33. The van der Waals surface area contributed by atoms with Crippen LogP contribution in [0.3, 0.4) is 0 Å². The van der Waals surface area contributed by atoms with E-state index in [0.29, 0.717) is 22.4 Å². The van der Waals surface area contributed by atoms with Gasteiger partial charge in [0.05, 0.1) is 21.1 Å². The van der Waals surface area contributed by atoms with Crippen molar-refractivity contribution in [2.45, 2.75) is 0 Å². The highest BCUT2D eigenvalue weighted by atomic mass is 16.6. The van der Waals surface area contributed by atoms with Crippen molar-refractivity contribution in [1.82, 2.24) is 4.98 Å². The number of hydrogen-bond donors (Lipinski definition) is 1. The van der Waals surface area contributed by atoms with E-state index in [-0.39, 0.29) is 22.8 Å². The van der Waals surface area contributed by atoms with Gasteiger partial charge in [-0.25, -0.2) is 4.98 Å². The van der Waals surface area contributed by atoms with E-state index < -0.39 is 15.8 Å². The van der Waals surface area contributed by atoms with Crippen molar-refractivity contribution in [1.29, 1.82) is 0 Å². The molecule has 0 fully saturated rings. The summed E-state index contributed by atoms with van der Waals surface area (Å²) < 4.78 is 5.69. The molecule has 1 N–H and O–H groups in total. The topological polar surface area (TPSA) is 141 Å². The van der Waals surface area contributed by atoms with Gasteiger partial charge in [-0.3, -0.25) is 25.0 Å². The number of nitrogens with one attached hydrogen (secondary N) is 1. The lowest BCUT2D eigenvalue weighted by Gasteiger charge is -2.09. The quantitative estimate of drug-likeness (QED) is 0.379. The first-order valence-electron chi connectivity index (χ1n) is 8.63. The number of non-ortho nitro benzene ring substituents is 1. The smallest absolute Gasteiger partial charge is 0.282 e. The third kappa shape index (κ3) is 3.44. The van der Waals surface area contributed by atoms with Gasteiger partial charge in [0.2, 0.25) is 5.89 Å². The summed E-state index contributed by atoms with van der Waals surface area (Å²) in [4.78, 5) is 37.9. The van der Waals surface area contributed by atoms with Crippen LogP contribution in [0.2, 0.25) is 0 Å². The van der Waals surface area contributed by atoms with E-state index >= 15 is 0 Å². The molecule has 0 unspecified atom stereocenters. The number of carbonyl (C=O) groups excluding carboxylic acids is 1. The van der Waals surface area contributed by atoms with Crippen molar-refractivity contribution in [3.8, 4) is 11.5 Å². The summed E-state index contributed by atoms with van der Waals surface area (Å²) >= 11 is 0. The maximum absolute atomic E-state index is 12.7. The van der Waals surface area contributed by atoms with Gasteiger partial charge in [-0.15, -0.1) is 0 Å². The zero-order valence-electron chi connectivity index (χ0n) is 15.1. The van der Waals surface area contributed by atoms with Gasteiger partial charge in [-0.05, 0) is 24.3 Å². The molecular formula is C20H12N4O6. The fraction of sp³-hybridized carbons (Fsp3) is 0. The van der Waals surface area contributed by atoms with Crippen molar-refractivity contribution >= 4 is 34.1 Å².